The van der Waals surface area contributed by atoms with E-state index in [0.29, 0.717) is 24.6 Å². The molecule has 1 amide bonds. The minimum atomic E-state index is -3.20. The van der Waals surface area contributed by atoms with Crippen molar-refractivity contribution in [3.63, 3.8) is 0 Å². The van der Waals surface area contributed by atoms with Crippen molar-refractivity contribution >= 4 is 43.7 Å². The third-order valence-electron chi connectivity index (χ3n) is 4.82. The first-order valence-electron chi connectivity index (χ1n) is 8.89. The summed E-state index contributed by atoms with van der Waals surface area (Å²) >= 11 is 2.89. The average molecular weight is 436 g/mol. The van der Waals surface area contributed by atoms with Crippen molar-refractivity contribution in [2.75, 3.05) is 11.9 Å². The first-order chi connectivity index (χ1) is 13.5. The highest BCUT2D eigenvalue weighted by atomic mass is 32.2. The summed E-state index contributed by atoms with van der Waals surface area (Å²) < 4.78 is 26.5. The van der Waals surface area contributed by atoms with E-state index in [4.69, 9.17) is 0 Å². The quantitative estimate of drug-likeness (QED) is 0.641. The Bertz CT molecular complexity index is 1130. The number of anilines is 1. The molecule has 1 aliphatic carbocycles. The van der Waals surface area contributed by atoms with E-state index in [1.165, 1.54) is 11.3 Å². The van der Waals surface area contributed by atoms with Gasteiger partial charge in [0.1, 0.15) is 0 Å². The van der Waals surface area contributed by atoms with Crippen LogP contribution in [0.25, 0.3) is 10.6 Å². The Morgan fingerprint density at radius 1 is 1.36 bits per heavy atom. The van der Waals surface area contributed by atoms with Gasteiger partial charge in [0.25, 0.3) is 5.91 Å². The van der Waals surface area contributed by atoms with Gasteiger partial charge in [-0.3, -0.25) is 15.2 Å². The Labute approximate surface area is 169 Å². The lowest BCUT2D eigenvalue weighted by atomic mass is 10.2. The predicted octanol–water partition coefficient (Wildman–Crippen LogP) is 2.70. The largest absolute Gasteiger partial charge is 0.296 e. The van der Waals surface area contributed by atoms with Crippen molar-refractivity contribution in [3.05, 3.63) is 39.8 Å². The molecule has 1 fully saturated rings. The van der Waals surface area contributed by atoms with Crippen LogP contribution in [0.15, 0.2) is 23.6 Å². The minimum Gasteiger partial charge on any atom is -0.296 e. The number of amides is 1. The summed E-state index contributed by atoms with van der Waals surface area (Å²) in [5.74, 6) is -0.340. The maximum atomic E-state index is 12.5. The summed E-state index contributed by atoms with van der Waals surface area (Å²) in [6, 6.07) is 5.60. The van der Waals surface area contributed by atoms with Crippen LogP contribution in [0.2, 0.25) is 0 Å². The Morgan fingerprint density at radius 2 is 2.21 bits per heavy atom. The van der Waals surface area contributed by atoms with Crippen LogP contribution in [0.4, 0.5) is 5.13 Å². The second kappa shape index (κ2) is 6.76. The van der Waals surface area contributed by atoms with Crippen LogP contribution in [0.5, 0.6) is 0 Å². The Morgan fingerprint density at radius 3 is 2.96 bits per heavy atom. The van der Waals surface area contributed by atoms with Crippen LogP contribution in [0.1, 0.15) is 33.9 Å². The molecule has 0 aromatic carbocycles. The normalized spacial score (nSPS) is 17.4. The smallest absolute Gasteiger partial charge is 0.277 e. The highest BCUT2D eigenvalue weighted by Crippen LogP contribution is 2.35. The molecular weight excluding hydrogens is 418 g/mol. The number of aromatic amines is 1. The van der Waals surface area contributed by atoms with Crippen molar-refractivity contribution in [3.8, 4) is 10.6 Å². The van der Waals surface area contributed by atoms with E-state index in [2.05, 4.69) is 20.5 Å². The minimum absolute atomic E-state index is 0.210. The summed E-state index contributed by atoms with van der Waals surface area (Å²) in [6.07, 6.45) is 2.08. The number of thiophene rings is 1. The standard InChI is InChI=1S/C17H17N5O3S3/c23-16(13-8-12(20-21-13)14-2-1-7-26-14)19-17-18-11-5-6-22(9-15(11)27-17)28(24,25)10-3-4-10/h1-2,7-8,10H,3-6,9H2,(H,20,21)(H,18,19,23). The molecule has 1 saturated carbocycles. The first kappa shape index (κ1) is 18.0. The highest BCUT2D eigenvalue weighted by molar-refractivity contribution is 7.90. The van der Waals surface area contributed by atoms with Gasteiger partial charge in [0.05, 0.1) is 21.5 Å². The zero-order valence-corrected chi connectivity index (χ0v) is 17.2. The van der Waals surface area contributed by atoms with Gasteiger partial charge in [0, 0.05) is 24.4 Å². The molecular formula is C17H17N5O3S3. The van der Waals surface area contributed by atoms with Gasteiger partial charge in [-0.15, -0.1) is 22.7 Å². The fourth-order valence-corrected chi connectivity index (χ4v) is 6.78. The van der Waals surface area contributed by atoms with Crippen molar-refractivity contribution in [1.29, 1.82) is 0 Å². The molecule has 0 spiro atoms. The number of nitrogens with one attached hydrogen (secondary N) is 2. The van der Waals surface area contributed by atoms with E-state index in [-0.39, 0.29) is 16.9 Å². The summed E-state index contributed by atoms with van der Waals surface area (Å²) in [6.45, 7) is 0.791. The number of nitrogens with zero attached hydrogens (tertiary/aromatic N) is 3. The summed E-state index contributed by atoms with van der Waals surface area (Å²) in [5.41, 5.74) is 1.94. The number of thiazole rings is 1. The van der Waals surface area contributed by atoms with Gasteiger partial charge < -0.3 is 0 Å². The van der Waals surface area contributed by atoms with Crippen LogP contribution in [-0.4, -0.2) is 45.6 Å². The van der Waals surface area contributed by atoms with E-state index < -0.39 is 10.0 Å². The van der Waals surface area contributed by atoms with Crippen LogP contribution in [-0.2, 0) is 23.0 Å². The molecule has 0 atom stereocenters. The Hall–Kier alpha value is -2.08. The van der Waals surface area contributed by atoms with Gasteiger partial charge in [-0.1, -0.05) is 6.07 Å². The summed E-state index contributed by atoms with van der Waals surface area (Å²) in [7, 11) is -3.20. The molecule has 3 aromatic heterocycles. The molecule has 28 heavy (non-hydrogen) atoms. The third kappa shape index (κ3) is 3.28. The number of hydrogen-bond acceptors (Lipinski definition) is 7. The predicted molar refractivity (Wildman–Crippen MR) is 108 cm³/mol. The van der Waals surface area contributed by atoms with Crippen LogP contribution in [0, 0.1) is 0 Å². The number of sulfonamides is 1. The van der Waals surface area contributed by atoms with E-state index in [1.807, 2.05) is 17.5 Å². The van der Waals surface area contributed by atoms with Gasteiger partial charge in [-0.25, -0.2) is 13.4 Å². The molecule has 0 bridgehead atoms. The first-order valence-corrected chi connectivity index (χ1v) is 12.1. The Balaban J connectivity index is 1.30. The molecule has 0 radical (unpaired) electrons. The molecule has 2 N–H and O–H groups in total. The van der Waals surface area contributed by atoms with Crippen LogP contribution >= 0.6 is 22.7 Å². The molecule has 1 aliphatic heterocycles. The molecule has 3 aromatic rings. The number of hydrogen-bond donors (Lipinski definition) is 2. The molecule has 146 valence electrons. The topological polar surface area (TPSA) is 108 Å². The van der Waals surface area contributed by atoms with E-state index >= 15 is 0 Å². The molecule has 2 aliphatic rings. The van der Waals surface area contributed by atoms with E-state index in [9.17, 15) is 13.2 Å². The fraction of sp³-hybridized carbons (Fsp3) is 0.353. The van der Waals surface area contributed by atoms with E-state index in [1.54, 1.807) is 21.7 Å². The van der Waals surface area contributed by atoms with Crippen LogP contribution < -0.4 is 5.32 Å². The summed E-state index contributed by atoms with van der Waals surface area (Å²) in [5, 5.41) is 12.0. The van der Waals surface area contributed by atoms with Crippen molar-refractivity contribution in [2.45, 2.75) is 31.1 Å². The zero-order valence-electron chi connectivity index (χ0n) is 14.7. The number of H-pyrrole nitrogens is 1. The van der Waals surface area contributed by atoms with Gasteiger partial charge in [0.15, 0.2) is 10.8 Å². The number of carbonyl (C=O) groups is 1. The third-order valence-corrected chi connectivity index (χ3v) is 9.07. The van der Waals surface area contributed by atoms with Gasteiger partial charge in [-0.2, -0.15) is 9.40 Å². The monoisotopic (exact) mass is 435 g/mol. The lowest BCUT2D eigenvalue weighted by Gasteiger charge is -2.25. The van der Waals surface area contributed by atoms with Gasteiger partial charge >= 0.3 is 0 Å². The highest BCUT2D eigenvalue weighted by Gasteiger charge is 2.41. The average Bonchev–Trinajstić information content (AvgIpc) is 3.10. The van der Waals surface area contributed by atoms with Crippen molar-refractivity contribution < 1.29 is 13.2 Å². The second-order valence-electron chi connectivity index (χ2n) is 6.82. The number of fused-ring (bicyclic) bond motifs is 1. The zero-order chi connectivity index (χ0) is 19.3. The van der Waals surface area contributed by atoms with Gasteiger partial charge in [0.2, 0.25) is 10.0 Å². The molecule has 4 heterocycles. The summed E-state index contributed by atoms with van der Waals surface area (Å²) in [4.78, 5) is 18.9. The maximum absolute atomic E-state index is 12.5. The van der Waals surface area contributed by atoms with Crippen molar-refractivity contribution in [2.24, 2.45) is 0 Å². The SMILES string of the molecule is O=C(Nc1nc2c(s1)CN(S(=O)(=O)C1CC1)CC2)c1cc(-c2cccs2)[nH]n1. The number of rotatable bonds is 5. The lowest BCUT2D eigenvalue weighted by Crippen LogP contribution is -2.37. The number of aromatic nitrogens is 3. The van der Waals surface area contributed by atoms with Crippen molar-refractivity contribution in [1.82, 2.24) is 19.5 Å². The second-order valence-corrected chi connectivity index (χ2v) is 11.1. The fourth-order valence-electron chi connectivity index (χ4n) is 3.18. The lowest BCUT2D eigenvalue weighted by molar-refractivity contribution is 0.102. The molecule has 11 heteroatoms. The molecule has 0 unspecified atom stereocenters. The molecule has 0 saturated heterocycles. The van der Waals surface area contributed by atoms with Gasteiger partial charge in [-0.05, 0) is 30.4 Å². The molecule has 8 nitrogen and oxygen atoms in total. The number of carbonyl (C=O) groups excluding carboxylic acids is 1. The molecule has 5 rings (SSSR count). The maximum Gasteiger partial charge on any atom is 0.277 e. The van der Waals surface area contributed by atoms with E-state index in [0.717, 1.165) is 34.0 Å². The Kier molecular flexibility index (Phi) is 4.34. The van der Waals surface area contributed by atoms with Crippen LogP contribution in [0.3, 0.4) is 0 Å².